The largest absolute Gasteiger partial charge is 0.497 e. The zero-order valence-corrected chi connectivity index (χ0v) is 20.0. The Bertz CT molecular complexity index is 1060. The zero-order chi connectivity index (χ0) is 24.7. The summed E-state index contributed by atoms with van der Waals surface area (Å²) in [4.78, 5) is 39.5. The number of nitrogens with one attached hydrogen (secondary N) is 2. The summed E-state index contributed by atoms with van der Waals surface area (Å²) in [5, 5.41) is 5.80. The quantitative estimate of drug-likeness (QED) is 0.542. The molecule has 2 aromatic rings. The van der Waals surface area contributed by atoms with Gasteiger partial charge in [0, 0.05) is 17.9 Å². The van der Waals surface area contributed by atoms with Crippen molar-refractivity contribution in [2.45, 2.75) is 39.7 Å². The highest BCUT2D eigenvalue weighted by molar-refractivity contribution is 5.95. The fraction of sp³-hybridized carbons (Fsp3) is 0.346. The van der Waals surface area contributed by atoms with Gasteiger partial charge in [-0.25, -0.2) is 9.59 Å². The van der Waals surface area contributed by atoms with Gasteiger partial charge in [0.2, 0.25) is 5.91 Å². The summed E-state index contributed by atoms with van der Waals surface area (Å²) in [5.74, 6) is 0.129. The van der Waals surface area contributed by atoms with Gasteiger partial charge in [0.25, 0.3) is 0 Å². The van der Waals surface area contributed by atoms with Crippen molar-refractivity contribution in [3.05, 3.63) is 70.9 Å². The van der Waals surface area contributed by atoms with E-state index in [-0.39, 0.29) is 25.0 Å². The molecule has 0 fully saturated rings. The number of ether oxygens (including phenoxy) is 2. The number of hydrogen-bond acceptors (Lipinski definition) is 5. The number of anilines is 1. The molecular formula is C26H31N3O5. The van der Waals surface area contributed by atoms with Crippen molar-refractivity contribution in [3.63, 3.8) is 0 Å². The number of benzene rings is 2. The SMILES string of the molecule is CCCN1C(=O)NC(c2ccc(NC(=O)Cc3ccc(OC)cc3)cc2)C(C(=O)OCC)=C1C. The lowest BCUT2D eigenvalue weighted by molar-refractivity contribution is -0.139. The molecule has 0 aromatic heterocycles. The molecule has 8 heteroatoms. The average molecular weight is 466 g/mol. The van der Waals surface area contributed by atoms with E-state index in [4.69, 9.17) is 9.47 Å². The molecule has 0 bridgehead atoms. The molecule has 3 rings (SSSR count). The minimum Gasteiger partial charge on any atom is -0.497 e. The first kappa shape index (κ1) is 24.8. The molecule has 1 atom stereocenters. The van der Waals surface area contributed by atoms with Crippen molar-refractivity contribution in [3.8, 4) is 5.75 Å². The van der Waals surface area contributed by atoms with Crippen molar-refractivity contribution in [2.24, 2.45) is 0 Å². The molecule has 34 heavy (non-hydrogen) atoms. The Morgan fingerprint density at radius 3 is 2.32 bits per heavy atom. The molecule has 1 unspecified atom stereocenters. The van der Waals surface area contributed by atoms with E-state index >= 15 is 0 Å². The van der Waals surface area contributed by atoms with Crippen LogP contribution in [0.3, 0.4) is 0 Å². The van der Waals surface area contributed by atoms with Crippen molar-refractivity contribution in [2.75, 3.05) is 25.6 Å². The van der Waals surface area contributed by atoms with Gasteiger partial charge in [0.1, 0.15) is 5.75 Å². The predicted octanol–water partition coefficient (Wildman–Crippen LogP) is 4.19. The summed E-state index contributed by atoms with van der Waals surface area (Å²) in [6.07, 6.45) is 0.989. The van der Waals surface area contributed by atoms with E-state index in [0.717, 1.165) is 23.3 Å². The van der Waals surface area contributed by atoms with Crippen molar-refractivity contribution >= 4 is 23.6 Å². The maximum Gasteiger partial charge on any atom is 0.338 e. The summed E-state index contributed by atoms with van der Waals surface area (Å²) >= 11 is 0. The van der Waals surface area contributed by atoms with Gasteiger partial charge in [-0.15, -0.1) is 0 Å². The summed E-state index contributed by atoms with van der Waals surface area (Å²) in [6, 6.07) is 13.5. The van der Waals surface area contributed by atoms with E-state index < -0.39 is 12.0 Å². The topological polar surface area (TPSA) is 97.0 Å². The molecule has 1 aliphatic rings. The van der Waals surface area contributed by atoms with Crippen LogP contribution in [0.4, 0.5) is 10.5 Å². The molecule has 3 amide bonds. The van der Waals surface area contributed by atoms with Gasteiger partial charge in [-0.1, -0.05) is 31.2 Å². The van der Waals surface area contributed by atoms with Crippen molar-refractivity contribution < 1.29 is 23.9 Å². The van der Waals surface area contributed by atoms with E-state index in [1.807, 2.05) is 31.2 Å². The molecule has 1 aliphatic heterocycles. The van der Waals surface area contributed by atoms with E-state index in [0.29, 0.717) is 23.5 Å². The second-order valence-electron chi connectivity index (χ2n) is 7.95. The van der Waals surface area contributed by atoms with Crippen LogP contribution in [0.25, 0.3) is 0 Å². The number of allylic oxidation sites excluding steroid dienone is 1. The van der Waals surface area contributed by atoms with Crippen LogP contribution < -0.4 is 15.4 Å². The smallest absolute Gasteiger partial charge is 0.338 e. The van der Waals surface area contributed by atoms with Crippen molar-refractivity contribution in [1.29, 1.82) is 0 Å². The van der Waals surface area contributed by atoms with E-state index in [2.05, 4.69) is 10.6 Å². The maximum atomic E-state index is 12.8. The van der Waals surface area contributed by atoms with Gasteiger partial charge in [0.05, 0.1) is 31.8 Å². The summed E-state index contributed by atoms with van der Waals surface area (Å²) < 4.78 is 10.4. The van der Waals surface area contributed by atoms with Gasteiger partial charge >= 0.3 is 12.0 Å². The van der Waals surface area contributed by atoms with Crippen molar-refractivity contribution in [1.82, 2.24) is 10.2 Å². The number of hydrogen-bond donors (Lipinski definition) is 2. The van der Waals surface area contributed by atoms with E-state index in [1.54, 1.807) is 50.1 Å². The van der Waals surface area contributed by atoms with Crippen LogP contribution in [-0.2, 0) is 20.7 Å². The summed E-state index contributed by atoms with van der Waals surface area (Å²) in [7, 11) is 1.60. The Balaban J connectivity index is 1.76. The van der Waals surface area contributed by atoms with Crippen LogP contribution >= 0.6 is 0 Å². The number of esters is 1. The third kappa shape index (κ3) is 5.75. The molecule has 0 saturated heterocycles. The molecular weight excluding hydrogens is 434 g/mol. The lowest BCUT2D eigenvalue weighted by Gasteiger charge is -2.35. The lowest BCUT2D eigenvalue weighted by Crippen LogP contribution is -2.48. The van der Waals surface area contributed by atoms with Crippen LogP contribution in [-0.4, -0.2) is 43.1 Å². The molecule has 0 spiro atoms. The third-order valence-electron chi connectivity index (χ3n) is 5.59. The number of amides is 3. The Morgan fingerprint density at radius 1 is 1.06 bits per heavy atom. The first-order valence-electron chi connectivity index (χ1n) is 11.4. The fourth-order valence-corrected chi connectivity index (χ4v) is 3.89. The highest BCUT2D eigenvalue weighted by Crippen LogP contribution is 2.32. The summed E-state index contributed by atoms with van der Waals surface area (Å²) in [5.41, 5.74) is 3.21. The van der Waals surface area contributed by atoms with Gasteiger partial charge in [-0.05, 0) is 55.7 Å². The monoisotopic (exact) mass is 465 g/mol. The normalized spacial score (nSPS) is 15.6. The highest BCUT2D eigenvalue weighted by atomic mass is 16.5. The van der Waals surface area contributed by atoms with Gasteiger partial charge in [-0.3, -0.25) is 9.69 Å². The zero-order valence-electron chi connectivity index (χ0n) is 20.0. The minimum absolute atomic E-state index is 0.151. The molecule has 2 N–H and O–H groups in total. The first-order chi connectivity index (χ1) is 16.4. The molecule has 0 radical (unpaired) electrons. The highest BCUT2D eigenvalue weighted by Gasteiger charge is 2.36. The number of urea groups is 1. The van der Waals surface area contributed by atoms with Crippen LogP contribution in [0.5, 0.6) is 5.75 Å². The number of carbonyl (C=O) groups is 3. The maximum absolute atomic E-state index is 12.8. The molecule has 2 aromatic carbocycles. The Kier molecular flexibility index (Phi) is 8.29. The van der Waals surface area contributed by atoms with Gasteiger partial charge in [0.15, 0.2) is 0 Å². The summed E-state index contributed by atoms with van der Waals surface area (Å²) in [6.45, 7) is 6.23. The first-order valence-corrected chi connectivity index (χ1v) is 11.4. The number of methoxy groups -OCH3 is 1. The van der Waals surface area contributed by atoms with Crippen LogP contribution in [0.1, 0.15) is 44.4 Å². The fourth-order valence-electron chi connectivity index (χ4n) is 3.89. The molecule has 0 aliphatic carbocycles. The second-order valence-corrected chi connectivity index (χ2v) is 7.95. The van der Waals surface area contributed by atoms with E-state index in [1.165, 1.54) is 0 Å². The molecule has 1 heterocycles. The van der Waals surface area contributed by atoms with Gasteiger partial charge in [-0.2, -0.15) is 0 Å². The third-order valence-corrected chi connectivity index (χ3v) is 5.59. The number of rotatable bonds is 9. The van der Waals surface area contributed by atoms with Crippen LogP contribution in [0, 0.1) is 0 Å². The lowest BCUT2D eigenvalue weighted by atomic mass is 9.94. The Labute approximate surface area is 199 Å². The predicted molar refractivity (Wildman–Crippen MR) is 129 cm³/mol. The van der Waals surface area contributed by atoms with Gasteiger partial charge < -0.3 is 20.1 Å². The molecule has 0 saturated carbocycles. The molecule has 8 nitrogen and oxygen atoms in total. The second kappa shape index (κ2) is 11.4. The minimum atomic E-state index is -0.635. The van der Waals surface area contributed by atoms with Crippen LogP contribution in [0.2, 0.25) is 0 Å². The number of nitrogens with zero attached hydrogens (tertiary/aromatic N) is 1. The average Bonchev–Trinajstić information content (AvgIpc) is 2.82. The van der Waals surface area contributed by atoms with E-state index in [9.17, 15) is 14.4 Å². The molecule has 180 valence electrons. The van der Waals surface area contributed by atoms with Crippen LogP contribution in [0.15, 0.2) is 59.8 Å². The standard InChI is InChI=1S/C26H31N3O5/c1-5-15-29-17(3)23(25(31)34-6-2)24(28-26(29)32)19-9-11-20(12-10-19)27-22(30)16-18-7-13-21(33-4)14-8-18/h7-14,24H,5-6,15-16H2,1-4H3,(H,27,30)(H,28,32). The Hall–Kier alpha value is -3.81. The Morgan fingerprint density at radius 2 is 1.74 bits per heavy atom. The number of carbonyl (C=O) groups excluding carboxylic acids is 3.